The largest absolute Gasteiger partial charge is 0.372 e. The molecule has 0 heterocycles. The number of rotatable bonds is 4. The van der Waals surface area contributed by atoms with Crippen molar-refractivity contribution in [3.63, 3.8) is 0 Å². The molecular weight excluding hydrogens is 234 g/mol. The molecule has 1 aliphatic carbocycles. The van der Waals surface area contributed by atoms with Gasteiger partial charge < -0.3 is 10.2 Å². The Labute approximate surface area is 116 Å². The highest BCUT2D eigenvalue weighted by molar-refractivity contribution is 5.51. The molecule has 0 unspecified atom stereocenters. The van der Waals surface area contributed by atoms with E-state index in [1.165, 1.54) is 25.7 Å². The third-order valence-corrected chi connectivity index (χ3v) is 4.12. The van der Waals surface area contributed by atoms with Gasteiger partial charge in [0.15, 0.2) is 0 Å². The van der Waals surface area contributed by atoms with Gasteiger partial charge in [-0.2, -0.15) is 5.26 Å². The van der Waals surface area contributed by atoms with Crippen LogP contribution in [0.4, 0.5) is 5.69 Å². The molecule has 3 nitrogen and oxygen atoms in total. The van der Waals surface area contributed by atoms with Crippen molar-refractivity contribution in [1.82, 2.24) is 5.32 Å². The van der Waals surface area contributed by atoms with Crippen molar-refractivity contribution >= 4 is 5.69 Å². The van der Waals surface area contributed by atoms with Gasteiger partial charge in [0.05, 0.1) is 11.6 Å². The Balaban J connectivity index is 1.97. The lowest BCUT2D eigenvalue weighted by atomic mass is 9.90. The monoisotopic (exact) mass is 257 g/mol. The summed E-state index contributed by atoms with van der Waals surface area (Å²) in [5.41, 5.74) is 1.90. The van der Waals surface area contributed by atoms with Crippen molar-refractivity contribution in [3.05, 3.63) is 29.8 Å². The van der Waals surface area contributed by atoms with Gasteiger partial charge in [-0.25, -0.2) is 0 Å². The fraction of sp³-hybridized carbons (Fsp3) is 0.562. The van der Waals surface area contributed by atoms with Gasteiger partial charge in [-0.3, -0.25) is 0 Å². The Morgan fingerprint density at radius 3 is 2.68 bits per heavy atom. The minimum absolute atomic E-state index is 0.601. The van der Waals surface area contributed by atoms with Gasteiger partial charge in [0.1, 0.15) is 0 Å². The first-order chi connectivity index (χ1) is 9.24. The van der Waals surface area contributed by atoms with Crippen LogP contribution in [0.1, 0.15) is 38.2 Å². The number of anilines is 1. The molecule has 19 heavy (non-hydrogen) atoms. The highest BCUT2D eigenvalue weighted by Crippen LogP contribution is 2.26. The van der Waals surface area contributed by atoms with Crippen molar-refractivity contribution in [2.75, 3.05) is 18.5 Å². The molecule has 1 fully saturated rings. The number of hydrogen-bond acceptors (Lipinski definition) is 3. The molecule has 0 atom stereocenters. The zero-order valence-electron chi connectivity index (χ0n) is 11.9. The maximum absolute atomic E-state index is 8.97. The second-order valence-corrected chi connectivity index (χ2v) is 5.34. The Morgan fingerprint density at radius 2 is 2.05 bits per heavy atom. The van der Waals surface area contributed by atoms with Gasteiger partial charge in [0, 0.05) is 24.8 Å². The highest BCUT2D eigenvalue weighted by Gasteiger charge is 2.23. The van der Waals surface area contributed by atoms with Gasteiger partial charge >= 0.3 is 0 Å². The molecule has 3 heteroatoms. The lowest BCUT2D eigenvalue weighted by molar-refractivity contribution is 0.341. The number of hydrogen-bond donors (Lipinski definition) is 1. The summed E-state index contributed by atoms with van der Waals surface area (Å²) in [6, 6.07) is 11.4. The van der Waals surface area contributed by atoms with E-state index < -0.39 is 0 Å². The van der Waals surface area contributed by atoms with Crippen molar-refractivity contribution in [3.8, 4) is 6.07 Å². The predicted octanol–water partition coefficient (Wildman–Crippen LogP) is 2.92. The molecule has 1 saturated carbocycles. The molecule has 0 bridgehead atoms. The molecule has 1 N–H and O–H groups in total. The van der Waals surface area contributed by atoms with Crippen molar-refractivity contribution in [2.45, 2.75) is 44.7 Å². The maximum atomic E-state index is 8.97. The zero-order chi connectivity index (χ0) is 13.7. The smallest absolute Gasteiger partial charge is 0.0992 e. The first-order valence-corrected chi connectivity index (χ1v) is 7.21. The second-order valence-electron chi connectivity index (χ2n) is 5.34. The normalized spacial score (nSPS) is 22.8. The molecule has 102 valence electrons. The van der Waals surface area contributed by atoms with Gasteiger partial charge in [-0.05, 0) is 50.4 Å². The van der Waals surface area contributed by atoms with Crippen molar-refractivity contribution in [2.24, 2.45) is 0 Å². The van der Waals surface area contributed by atoms with Crippen LogP contribution in [0.25, 0.3) is 0 Å². The number of nitrogens with one attached hydrogen (secondary N) is 1. The summed E-state index contributed by atoms with van der Waals surface area (Å²) in [5.74, 6) is 0. The summed E-state index contributed by atoms with van der Waals surface area (Å²) < 4.78 is 0. The summed E-state index contributed by atoms with van der Waals surface area (Å²) in [6.07, 6.45) is 4.96. The summed E-state index contributed by atoms with van der Waals surface area (Å²) in [6.45, 7) is 3.24. The summed E-state index contributed by atoms with van der Waals surface area (Å²) >= 11 is 0. The maximum Gasteiger partial charge on any atom is 0.0992 e. The third-order valence-electron chi connectivity index (χ3n) is 4.12. The molecule has 1 aliphatic rings. The fourth-order valence-electron chi connectivity index (χ4n) is 2.96. The lowest BCUT2D eigenvalue weighted by Crippen LogP contribution is -2.40. The quantitative estimate of drug-likeness (QED) is 0.901. The second kappa shape index (κ2) is 6.58. The molecule has 1 aromatic rings. The van der Waals surface area contributed by atoms with Gasteiger partial charge in [-0.15, -0.1) is 0 Å². The fourth-order valence-corrected chi connectivity index (χ4v) is 2.96. The molecule has 0 spiro atoms. The number of nitriles is 1. The first kappa shape index (κ1) is 13.9. The van der Waals surface area contributed by atoms with E-state index in [9.17, 15) is 0 Å². The molecule has 0 saturated heterocycles. The number of nitrogens with zero attached hydrogens (tertiary/aromatic N) is 2. The molecule has 0 amide bonds. The lowest BCUT2D eigenvalue weighted by Gasteiger charge is -2.36. The molecule has 1 aromatic carbocycles. The van der Waals surface area contributed by atoms with Crippen LogP contribution >= 0.6 is 0 Å². The molecule has 0 radical (unpaired) electrons. The Hall–Kier alpha value is -1.53. The van der Waals surface area contributed by atoms with E-state index in [1.54, 1.807) is 0 Å². The topological polar surface area (TPSA) is 39.1 Å². The molecule has 2 rings (SSSR count). The third kappa shape index (κ3) is 3.48. The van der Waals surface area contributed by atoms with Gasteiger partial charge in [0.2, 0.25) is 0 Å². The van der Waals surface area contributed by atoms with E-state index in [1.807, 2.05) is 18.2 Å². The van der Waals surface area contributed by atoms with Crippen molar-refractivity contribution < 1.29 is 0 Å². The van der Waals surface area contributed by atoms with Crippen LogP contribution in [0.3, 0.4) is 0 Å². The SMILES string of the molecule is CCNC1CCC(N(C)c2cccc(C#N)c2)CC1. The minimum atomic E-state index is 0.601. The van der Waals surface area contributed by atoms with E-state index in [0.29, 0.717) is 12.1 Å². The van der Waals surface area contributed by atoms with Crippen LogP contribution < -0.4 is 10.2 Å². The predicted molar refractivity (Wildman–Crippen MR) is 79.3 cm³/mol. The summed E-state index contributed by atoms with van der Waals surface area (Å²) in [5, 5.41) is 12.5. The van der Waals surface area contributed by atoms with Crippen LogP contribution in [0, 0.1) is 11.3 Å². The summed E-state index contributed by atoms with van der Waals surface area (Å²) in [4.78, 5) is 2.34. The van der Waals surface area contributed by atoms with E-state index in [4.69, 9.17) is 5.26 Å². The van der Waals surface area contributed by atoms with Crippen LogP contribution in [-0.4, -0.2) is 25.7 Å². The van der Waals surface area contributed by atoms with Gasteiger partial charge in [-0.1, -0.05) is 13.0 Å². The standard InChI is InChI=1S/C16H23N3/c1-3-18-14-7-9-15(10-8-14)19(2)16-6-4-5-13(11-16)12-17/h4-6,11,14-15,18H,3,7-10H2,1-2H3. The van der Waals surface area contributed by atoms with Crippen LogP contribution in [0.15, 0.2) is 24.3 Å². The van der Waals surface area contributed by atoms with Gasteiger partial charge in [0.25, 0.3) is 0 Å². The molecule has 0 aliphatic heterocycles. The zero-order valence-corrected chi connectivity index (χ0v) is 11.9. The van der Waals surface area contributed by atoms with E-state index in [-0.39, 0.29) is 0 Å². The van der Waals surface area contributed by atoms with E-state index >= 15 is 0 Å². The van der Waals surface area contributed by atoms with Crippen LogP contribution in [-0.2, 0) is 0 Å². The summed E-state index contributed by atoms with van der Waals surface area (Å²) in [7, 11) is 2.15. The van der Waals surface area contributed by atoms with E-state index in [0.717, 1.165) is 17.8 Å². The molecule has 0 aromatic heterocycles. The Morgan fingerprint density at radius 1 is 1.32 bits per heavy atom. The molecular formula is C16H23N3. The van der Waals surface area contributed by atoms with E-state index in [2.05, 4.69) is 36.3 Å². The Bertz CT molecular complexity index is 442. The van der Waals surface area contributed by atoms with Crippen LogP contribution in [0.5, 0.6) is 0 Å². The highest BCUT2D eigenvalue weighted by atomic mass is 15.1. The average Bonchev–Trinajstić information content (AvgIpc) is 2.48. The average molecular weight is 257 g/mol. The minimum Gasteiger partial charge on any atom is -0.372 e. The van der Waals surface area contributed by atoms with Crippen molar-refractivity contribution in [1.29, 1.82) is 5.26 Å². The Kier molecular flexibility index (Phi) is 4.81. The van der Waals surface area contributed by atoms with Crippen LogP contribution in [0.2, 0.25) is 0 Å². The first-order valence-electron chi connectivity index (χ1n) is 7.21. The number of benzene rings is 1.